The zero-order valence-electron chi connectivity index (χ0n) is 44.3. The van der Waals surface area contributed by atoms with Crippen LogP contribution < -0.4 is 70.8 Å². The second kappa shape index (κ2) is 35.4. The van der Waals surface area contributed by atoms with Gasteiger partial charge < -0.3 is 75.9 Å². The lowest BCUT2D eigenvalue weighted by Gasteiger charge is -2.28. The molecular weight excluding hydrogens is 955 g/mol. The van der Waals surface area contributed by atoms with Gasteiger partial charge in [-0.25, -0.2) is 0 Å². The number of nitrogens with two attached hydrogens (primary N) is 4. The number of nitrogens with one attached hydrogen (secondary N) is 9. The van der Waals surface area contributed by atoms with Gasteiger partial charge in [-0.2, -0.15) is 0 Å². The summed E-state index contributed by atoms with van der Waals surface area (Å²) in [7, 11) is 0. The van der Waals surface area contributed by atoms with Crippen molar-refractivity contribution in [3.8, 4) is 0 Å². The van der Waals surface area contributed by atoms with Gasteiger partial charge in [0.15, 0.2) is 0 Å². The molecule has 1 saturated heterocycles. The average Bonchev–Trinajstić information content (AvgIpc) is 3.34. The van der Waals surface area contributed by atoms with E-state index in [1.807, 2.05) is 27.7 Å². The van der Waals surface area contributed by atoms with Crippen molar-refractivity contribution in [1.82, 2.24) is 47.9 Å². The van der Waals surface area contributed by atoms with Crippen LogP contribution in [0.5, 0.6) is 0 Å². The van der Waals surface area contributed by atoms with E-state index in [2.05, 4.69) is 54.8 Å². The lowest BCUT2D eigenvalue weighted by atomic mass is 10.00. The van der Waals surface area contributed by atoms with Gasteiger partial charge in [-0.05, 0) is 94.9 Å². The number of aliphatic hydroxyl groups is 1. The van der Waals surface area contributed by atoms with Gasteiger partial charge in [-0.15, -0.1) is 0 Å². The molecule has 1 heterocycles. The Morgan fingerprint density at radius 3 is 1.55 bits per heavy atom. The molecule has 1 aromatic rings. The molecule has 0 saturated carbocycles. The van der Waals surface area contributed by atoms with E-state index in [0.29, 0.717) is 12.0 Å². The van der Waals surface area contributed by atoms with Gasteiger partial charge in [-0.1, -0.05) is 97.1 Å². The van der Waals surface area contributed by atoms with E-state index in [4.69, 9.17) is 22.9 Å². The van der Waals surface area contributed by atoms with E-state index in [-0.39, 0.29) is 102 Å². The maximum Gasteiger partial charge on any atom is 0.243 e. The number of hydrogen-bond acceptors (Lipinski definition) is 14. The van der Waals surface area contributed by atoms with E-state index in [0.717, 1.165) is 32.1 Å². The molecule has 4 unspecified atom stereocenters. The van der Waals surface area contributed by atoms with Crippen molar-refractivity contribution in [3.63, 3.8) is 0 Å². The Balaban J connectivity index is 2.67. The fraction of sp³-hybridized carbons (Fsp3) is 0.706. The van der Waals surface area contributed by atoms with Gasteiger partial charge in [-0.3, -0.25) is 43.2 Å². The quantitative estimate of drug-likeness (QED) is 0.0482. The molecule has 1 aliphatic rings. The summed E-state index contributed by atoms with van der Waals surface area (Å²) in [6, 6.07) is -1.54. The standard InChI is InChI=1S/C51H89N13O10/c1-6-7-8-9-13-16-34(65)30-43(66)57-35(17-22-52)45(68)61-39-21-26-56-44(67)40(27-31(2)3)62-47(70)37(19-24-54)58-46(69)36(18-23-53)60-51(74)42(29-33-14-11-10-12-15-33)64-50(73)41(28-32(4)5)63-48(71)38(20-25-55)59-49(39)72/h10-12,14-15,31-32,34-42,65H,6-9,13,16-30,52-55H2,1-5H3,(H,56,67)(H,57,66)(H,58,69)(H,59,72)(H,60,74)(H,61,68)(H,62,70)(H,63,71)(H,64,73)/t34?,35-,36+,37+,38?,39?,40?,41-,42+/m1/s1. The second-order valence-corrected chi connectivity index (χ2v) is 19.9. The minimum absolute atomic E-state index is 0.0365. The topological polar surface area (TPSA) is 386 Å². The highest BCUT2D eigenvalue weighted by Crippen LogP contribution is 2.13. The summed E-state index contributed by atoms with van der Waals surface area (Å²) in [6.07, 6.45) is 3.60. The van der Waals surface area contributed by atoms with Crippen LogP contribution in [0, 0.1) is 11.8 Å². The third-order valence-corrected chi connectivity index (χ3v) is 12.4. The zero-order chi connectivity index (χ0) is 55.2. The average molecular weight is 1040 g/mol. The molecule has 418 valence electrons. The third kappa shape index (κ3) is 24.5. The van der Waals surface area contributed by atoms with Crippen molar-refractivity contribution < 1.29 is 48.3 Å². The number of unbranched alkanes of at least 4 members (excludes halogenated alkanes) is 4. The molecule has 0 spiro atoms. The van der Waals surface area contributed by atoms with Gasteiger partial charge in [0.25, 0.3) is 0 Å². The summed E-state index contributed by atoms with van der Waals surface area (Å²) < 4.78 is 0. The van der Waals surface area contributed by atoms with E-state index >= 15 is 0 Å². The Hall–Kier alpha value is -5.75. The zero-order valence-corrected chi connectivity index (χ0v) is 44.3. The number of carbonyl (C=O) groups excluding carboxylic acids is 9. The van der Waals surface area contributed by atoms with Crippen LogP contribution in [0.3, 0.4) is 0 Å². The van der Waals surface area contributed by atoms with E-state index in [1.165, 1.54) is 0 Å². The molecule has 18 N–H and O–H groups in total. The molecule has 9 atom stereocenters. The minimum atomic E-state index is -1.46. The molecule has 2 rings (SSSR count). The first-order chi connectivity index (χ1) is 35.3. The molecule has 0 bridgehead atoms. The van der Waals surface area contributed by atoms with Crippen LogP contribution in [0.2, 0.25) is 0 Å². The van der Waals surface area contributed by atoms with Gasteiger partial charge in [0, 0.05) is 13.0 Å². The Morgan fingerprint density at radius 1 is 0.595 bits per heavy atom. The van der Waals surface area contributed by atoms with Gasteiger partial charge in [0.05, 0.1) is 12.5 Å². The van der Waals surface area contributed by atoms with Crippen molar-refractivity contribution in [2.45, 2.75) is 185 Å². The SMILES string of the molecule is CCCCCCCC(O)CC(=O)N[C@H](CCN)C(=O)NC1CCNC(=O)C(CC(C)C)NC(=O)[C@H](CCN)NC(=O)[C@H](CCN)NC(=O)[C@H](Cc2ccccc2)NC(=O)[C@@H](CC(C)C)NC(=O)C(CCN)NC1=O. The Labute approximate surface area is 436 Å². The highest BCUT2D eigenvalue weighted by atomic mass is 16.3. The van der Waals surface area contributed by atoms with Crippen LogP contribution in [0.15, 0.2) is 30.3 Å². The summed E-state index contributed by atoms with van der Waals surface area (Å²) in [4.78, 5) is 126. The third-order valence-electron chi connectivity index (χ3n) is 12.4. The number of aliphatic hydroxyl groups excluding tert-OH is 1. The fourth-order valence-electron chi connectivity index (χ4n) is 8.40. The first kappa shape index (κ1) is 64.4. The highest BCUT2D eigenvalue weighted by Gasteiger charge is 2.35. The number of hydrogen-bond donors (Lipinski definition) is 14. The molecule has 1 fully saturated rings. The molecule has 23 nitrogen and oxygen atoms in total. The van der Waals surface area contributed by atoms with Crippen LogP contribution in [-0.4, -0.2) is 145 Å². The molecule has 0 radical (unpaired) electrons. The molecule has 0 aromatic heterocycles. The van der Waals surface area contributed by atoms with Crippen molar-refractivity contribution in [1.29, 1.82) is 0 Å². The molecule has 0 aliphatic carbocycles. The summed E-state index contributed by atoms with van der Waals surface area (Å²) in [5.41, 5.74) is 24.3. The smallest absolute Gasteiger partial charge is 0.243 e. The molecule has 74 heavy (non-hydrogen) atoms. The largest absolute Gasteiger partial charge is 0.393 e. The van der Waals surface area contributed by atoms with Crippen molar-refractivity contribution in [2.75, 3.05) is 32.7 Å². The predicted octanol–water partition coefficient (Wildman–Crippen LogP) is -1.77. The Morgan fingerprint density at radius 2 is 1.05 bits per heavy atom. The summed E-state index contributed by atoms with van der Waals surface area (Å²) in [6.45, 7) is 8.89. The molecule has 1 aliphatic heterocycles. The lowest BCUT2D eigenvalue weighted by Crippen LogP contribution is -2.61. The van der Waals surface area contributed by atoms with Gasteiger partial charge in [0.1, 0.15) is 48.3 Å². The summed E-state index contributed by atoms with van der Waals surface area (Å²) in [5.74, 6) is -7.09. The van der Waals surface area contributed by atoms with Gasteiger partial charge in [0.2, 0.25) is 53.2 Å². The minimum Gasteiger partial charge on any atom is -0.393 e. The fourth-order valence-corrected chi connectivity index (χ4v) is 8.40. The van der Waals surface area contributed by atoms with Crippen LogP contribution in [0.4, 0.5) is 0 Å². The molecule has 9 amide bonds. The molecular formula is C51H89N13O10. The molecule has 1 aromatic carbocycles. The van der Waals surface area contributed by atoms with Crippen molar-refractivity contribution >= 4 is 53.2 Å². The monoisotopic (exact) mass is 1040 g/mol. The Bertz CT molecular complexity index is 1930. The van der Waals surface area contributed by atoms with E-state index in [1.54, 1.807) is 30.3 Å². The van der Waals surface area contributed by atoms with Crippen molar-refractivity contribution in [2.24, 2.45) is 34.8 Å². The predicted molar refractivity (Wildman–Crippen MR) is 281 cm³/mol. The van der Waals surface area contributed by atoms with E-state index in [9.17, 15) is 48.3 Å². The van der Waals surface area contributed by atoms with Crippen LogP contribution in [0.25, 0.3) is 0 Å². The van der Waals surface area contributed by atoms with E-state index < -0.39 is 108 Å². The molecule has 23 heteroatoms. The first-order valence-corrected chi connectivity index (χ1v) is 26.5. The summed E-state index contributed by atoms with van der Waals surface area (Å²) >= 11 is 0. The maximum atomic E-state index is 14.3. The first-order valence-electron chi connectivity index (χ1n) is 26.5. The second-order valence-electron chi connectivity index (χ2n) is 19.9. The highest BCUT2D eigenvalue weighted by molar-refractivity contribution is 5.98. The normalized spacial score (nSPS) is 23.0. The van der Waals surface area contributed by atoms with Crippen LogP contribution in [0.1, 0.15) is 130 Å². The van der Waals surface area contributed by atoms with Crippen LogP contribution >= 0.6 is 0 Å². The number of benzene rings is 1. The number of carbonyl (C=O) groups is 9. The maximum absolute atomic E-state index is 14.3. The lowest BCUT2D eigenvalue weighted by molar-refractivity contribution is -0.136. The number of amides is 9. The van der Waals surface area contributed by atoms with Gasteiger partial charge >= 0.3 is 0 Å². The van der Waals surface area contributed by atoms with Crippen molar-refractivity contribution in [3.05, 3.63) is 35.9 Å². The Kier molecular flexibility index (Phi) is 30.8. The van der Waals surface area contributed by atoms with Crippen LogP contribution in [-0.2, 0) is 49.6 Å². The summed E-state index contributed by atoms with van der Waals surface area (Å²) in [5, 5.41) is 34.7. The number of rotatable bonds is 25.